The lowest BCUT2D eigenvalue weighted by molar-refractivity contribution is -0.128. The molecule has 0 aliphatic rings. The van der Waals surface area contributed by atoms with Gasteiger partial charge in [-0.1, -0.05) is 30.7 Å². The lowest BCUT2D eigenvalue weighted by Crippen LogP contribution is -2.39. The van der Waals surface area contributed by atoms with Gasteiger partial charge in [0.2, 0.25) is 0 Å². The van der Waals surface area contributed by atoms with E-state index in [0.29, 0.717) is 12.2 Å². The topological polar surface area (TPSA) is 38.3 Å². The van der Waals surface area contributed by atoms with Crippen LogP contribution in [0.25, 0.3) is 0 Å². The molecule has 0 radical (unpaired) electrons. The molecule has 0 spiro atoms. The van der Waals surface area contributed by atoms with E-state index in [1.807, 2.05) is 27.7 Å². The van der Waals surface area contributed by atoms with E-state index in [2.05, 4.69) is 23.5 Å². The Morgan fingerprint density at radius 3 is 2.46 bits per heavy atom. The Hall–Kier alpha value is -2.36. The first-order valence-electron chi connectivity index (χ1n) is 8.20. The second-order valence-corrected chi connectivity index (χ2v) is 6.06. The maximum absolute atomic E-state index is 13.0. The van der Waals surface area contributed by atoms with Crippen molar-refractivity contribution in [3.05, 3.63) is 65.0 Å². The van der Waals surface area contributed by atoms with E-state index in [9.17, 15) is 9.18 Å². The van der Waals surface area contributed by atoms with Crippen LogP contribution < -0.4 is 10.1 Å². The minimum absolute atomic E-state index is 0.108. The van der Waals surface area contributed by atoms with Crippen LogP contribution in [-0.4, -0.2) is 12.0 Å². The van der Waals surface area contributed by atoms with Crippen molar-refractivity contribution in [1.82, 2.24) is 5.32 Å². The van der Waals surface area contributed by atoms with Gasteiger partial charge in [0.1, 0.15) is 11.6 Å². The molecule has 0 fully saturated rings. The standard InChI is InChI=1S/C20H24FNO2/c1-5-19(24-17-10-8-16(21)9-11-17)20(23)22-15(4)18-12-13(2)6-7-14(18)3/h6-12,15,19H,5H2,1-4H3,(H,22,23)/t15-,19-/m1/s1. The maximum Gasteiger partial charge on any atom is 0.261 e. The Labute approximate surface area is 142 Å². The Morgan fingerprint density at radius 2 is 1.83 bits per heavy atom. The molecule has 128 valence electrons. The number of hydrogen-bond donors (Lipinski definition) is 1. The fraction of sp³-hybridized carbons (Fsp3) is 0.350. The van der Waals surface area contributed by atoms with E-state index in [1.54, 1.807) is 0 Å². The summed E-state index contributed by atoms with van der Waals surface area (Å²) in [5.41, 5.74) is 3.40. The van der Waals surface area contributed by atoms with Gasteiger partial charge in [0, 0.05) is 0 Å². The molecule has 0 saturated carbocycles. The van der Waals surface area contributed by atoms with Gasteiger partial charge in [-0.25, -0.2) is 4.39 Å². The van der Waals surface area contributed by atoms with Crippen molar-refractivity contribution >= 4 is 5.91 Å². The van der Waals surface area contributed by atoms with Crippen LogP contribution in [-0.2, 0) is 4.79 Å². The minimum Gasteiger partial charge on any atom is -0.481 e. The second kappa shape index (κ2) is 7.95. The van der Waals surface area contributed by atoms with Crippen LogP contribution in [0.5, 0.6) is 5.75 Å². The number of nitrogens with one attached hydrogen (secondary N) is 1. The first kappa shape index (κ1) is 18.0. The molecule has 0 heterocycles. The van der Waals surface area contributed by atoms with Crippen LogP contribution >= 0.6 is 0 Å². The monoisotopic (exact) mass is 329 g/mol. The van der Waals surface area contributed by atoms with Crippen LogP contribution in [0.2, 0.25) is 0 Å². The largest absolute Gasteiger partial charge is 0.481 e. The summed E-state index contributed by atoms with van der Waals surface area (Å²) in [4.78, 5) is 12.5. The number of carbonyl (C=O) groups is 1. The highest BCUT2D eigenvalue weighted by Gasteiger charge is 2.21. The molecular weight excluding hydrogens is 305 g/mol. The zero-order valence-corrected chi connectivity index (χ0v) is 14.6. The first-order valence-corrected chi connectivity index (χ1v) is 8.20. The van der Waals surface area contributed by atoms with Gasteiger partial charge < -0.3 is 10.1 Å². The van der Waals surface area contributed by atoms with Gasteiger partial charge in [-0.2, -0.15) is 0 Å². The number of amides is 1. The van der Waals surface area contributed by atoms with Gasteiger partial charge in [0.15, 0.2) is 6.10 Å². The number of halogens is 1. The summed E-state index contributed by atoms with van der Waals surface area (Å²) in [5, 5.41) is 3.01. The molecule has 0 aromatic heterocycles. The fourth-order valence-corrected chi connectivity index (χ4v) is 2.61. The number of benzene rings is 2. The molecule has 1 amide bonds. The van der Waals surface area contributed by atoms with Crippen LogP contribution in [0.1, 0.15) is 43.0 Å². The van der Waals surface area contributed by atoms with Crippen LogP contribution in [0.15, 0.2) is 42.5 Å². The lowest BCUT2D eigenvalue weighted by Gasteiger charge is -2.22. The van der Waals surface area contributed by atoms with Crippen LogP contribution in [0.3, 0.4) is 0 Å². The van der Waals surface area contributed by atoms with Crippen LogP contribution in [0.4, 0.5) is 4.39 Å². The van der Waals surface area contributed by atoms with E-state index < -0.39 is 6.10 Å². The molecule has 0 aliphatic heterocycles. The molecule has 4 heteroatoms. The van der Waals surface area contributed by atoms with E-state index in [0.717, 1.165) is 16.7 Å². The second-order valence-electron chi connectivity index (χ2n) is 6.06. The molecule has 1 N–H and O–H groups in total. The van der Waals surface area contributed by atoms with Crippen molar-refractivity contribution in [1.29, 1.82) is 0 Å². The SMILES string of the molecule is CC[C@@H](Oc1ccc(F)cc1)C(=O)N[C@H](C)c1cc(C)ccc1C. The zero-order valence-electron chi connectivity index (χ0n) is 14.6. The molecule has 2 aromatic rings. The summed E-state index contributed by atoms with van der Waals surface area (Å²) in [6.45, 7) is 7.91. The van der Waals surface area contributed by atoms with E-state index in [1.165, 1.54) is 24.3 Å². The number of carbonyl (C=O) groups excluding carboxylic acids is 1. The minimum atomic E-state index is -0.608. The Bertz CT molecular complexity index is 697. The summed E-state index contributed by atoms with van der Waals surface area (Å²) in [5.74, 6) is -0.0172. The van der Waals surface area contributed by atoms with Crippen molar-refractivity contribution in [2.75, 3.05) is 0 Å². The third-order valence-corrected chi connectivity index (χ3v) is 4.02. The molecule has 0 unspecified atom stereocenters. The molecule has 0 saturated heterocycles. The number of aryl methyl sites for hydroxylation is 2. The average Bonchev–Trinajstić information content (AvgIpc) is 2.56. The van der Waals surface area contributed by atoms with Gasteiger partial charge in [-0.05, 0) is 62.6 Å². The zero-order chi connectivity index (χ0) is 17.7. The maximum atomic E-state index is 13.0. The van der Waals surface area contributed by atoms with Gasteiger partial charge in [0.25, 0.3) is 5.91 Å². The highest BCUT2D eigenvalue weighted by atomic mass is 19.1. The summed E-state index contributed by atoms with van der Waals surface area (Å²) >= 11 is 0. The van der Waals surface area contributed by atoms with Gasteiger partial charge in [0.05, 0.1) is 6.04 Å². The number of rotatable bonds is 6. The molecule has 0 aliphatic carbocycles. The highest BCUT2D eigenvalue weighted by molar-refractivity contribution is 5.81. The molecule has 2 aromatic carbocycles. The predicted molar refractivity (Wildman–Crippen MR) is 93.6 cm³/mol. The van der Waals surface area contributed by atoms with E-state index >= 15 is 0 Å². The van der Waals surface area contributed by atoms with Crippen molar-refractivity contribution in [2.24, 2.45) is 0 Å². The smallest absolute Gasteiger partial charge is 0.261 e. The molecule has 2 rings (SSSR count). The van der Waals surface area contributed by atoms with Crippen molar-refractivity contribution in [2.45, 2.75) is 46.3 Å². The first-order chi connectivity index (χ1) is 11.4. The molecule has 3 nitrogen and oxygen atoms in total. The molecule has 0 bridgehead atoms. The van der Waals surface area contributed by atoms with Gasteiger partial charge >= 0.3 is 0 Å². The lowest BCUT2D eigenvalue weighted by atomic mass is 10.00. The van der Waals surface area contributed by atoms with Crippen molar-refractivity contribution in [3.8, 4) is 5.75 Å². The normalized spacial score (nSPS) is 13.2. The molecular formula is C20H24FNO2. The number of ether oxygens (including phenoxy) is 1. The molecule has 2 atom stereocenters. The third-order valence-electron chi connectivity index (χ3n) is 4.02. The Morgan fingerprint density at radius 1 is 1.17 bits per heavy atom. The predicted octanol–water partition coefficient (Wildman–Crippen LogP) is 4.48. The third kappa shape index (κ3) is 4.57. The van der Waals surface area contributed by atoms with Crippen molar-refractivity contribution in [3.63, 3.8) is 0 Å². The fourth-order valence-electron chi connectivity index (χ4n) is 2.61. The summed E-state index contributed by atoms with van der Waals surface area (Å²) in [6.07, 6.45) is -0.0778. The summed E-state index contributed by atoms with van der Waals surface area (Å²) < 4.78 is 18.7. The van der Waals surface area contributed by atoms with Gasteiger partial charge in [-0.3, -0.25) is 4.79 Å². The van der Waals surface area contributed by atoms with Gasteiger partial charge in [-0.15, -0.1) is 0 Å². The average molecular weight is 329 g/mol. The van der Waals surface area contributed by atoms with Crippen LogP contribution in [0, 0.1) is 19.7 Å². The summed E-state index contributed by atoms with van der Waals surface area (Å²) in [6, 6.07) is 11.8. The molecule has 24 heavy (non-hydrogen) atoms. The van der Waals surface area contributed by atoms with E-state index in [-0.39, 0.29) is 17.8 Å². The highest BCUT2D eigenvalue weighted by Crippen LogP contribution is 2.20. The van der Waals surface area contributed by atoms with E-state index in [4.69, 9.17) is 4.74 Å². The number of hydrogen-bond acceptors (Lipinski definition) is 2. The summed E-state index contributed by atoms with van der Waals surface area (Å²) in [7, 11) is 0. The quantitative estimate of drug-likeness (QED) is 0.849. The van der Waals surface area contributed by atoms with Crippen molar-refractivity contribution < 1.29 is 13.9 Å². The Balaban J connectivity index is 2.05. The Kier molecular flexibility index (Phi) is 5.96.